The van der Waals surface area contributed by atoms with E-state index in [9.17, 15) is 27.2 Å². The Kier molecular flexibility index (Phi) is 9.51. The number of anilines is 1. The molecule has 1 fully saturated rings. The predicted molar refractivity (Wildman–Crippen MR) is 138 cm³/mol. The molecule has 11 heteroatoms. The number of piperidine rings is 1. The summed E-state index contributed by atoms with van der Waals surface area (Å²) in [7, 11) is 0. The zero-order valence-electron chi connectivity index (χ0n) is 21.5. The molecule has 0 spiro atoms. The maximum absolute atomic E-state index is 13.8. The van der Waals surface area contributed by atoms with E-state index in [1.165, 1.54) is 24.3 Å². The summed E-state index contributed by atoms with van der Waals surface area (Å²) < 4.78 is 56.7. The minimum absolute atomic E-state index is 0.0345. The van der Waals surface area contributed by atoms with Crippen LogP contribution in [0.3, 0.4) is 0 Å². The third-order valence-corrected chi connectivity index (χ3v) is 6.70. The van der Waals surface area contributed by atoms with Crippen LogP contribution < -0.4 is 20.3 Å². The molecule has 0 bridgehead atoms. The van der Waals surface area contributed by atoms with Crippen LogP contribution >= 0.6 is 11.6 Å². The van der Waals surface area contributed by atoms with Crippen molar-refractivity contribution in [2.75, 3.05) is 18.0 Å². The summed E-state index contributed by atoms with van der Waals surface area (Å²) in [6.45, 7) is 4.54. The van der Waals surface area contributed by atoms with Gasteiger partial charge in [0.25, 0.3) is 11.8 Å². The molecule has 2 aromatic rings. The highest BCUT2D eigenvalue weighted by atomic mass is 35.5. The van der Waals surface area contributed by atoms with Crippen LogP contribution in [-0.2, 0) is 4.79 Å². The van der Waals surface area contributed by atoms with Crippen molar-refractivity contribution in [2.24, 2.45) is 0 Å². The zero-order valence-corrected chi connectivity index (χ0v) is 22.3. The molecule has 1 saturated heterocycles. The Labute approximate surface area is 224 Å². The number of halogens is 5. The molecule has 38 heavy (non-hydrogen) atoms. The predicted octanol–water partition coefficient (Wildman–Crippen LogP) is 5.88. The van der Waals surface area contributed by atoms with Gasteiger partial charge < -0.3 is 20.3 Å². The van der Waals surface area contributed by atoms with Crippen molar-refractivity contribution in [3.05, 3.63) is 58.9 Å². The molecule has 0 saturated carbocycles. The fraction of sp³-hybridized carbons (Fsp3) is 0.481. The zero-order chi connectivity index (χ0) is 28.1. The van der Waals surface area contributed by atoms with Gasteiger partial charge in [-0.25, -0.2) is 4.39 Å². The maximum Gasteiger partial charge on any atom is 0.405 e. The number of ether oxygens (including phenoxy) is 1. The largest absolute Gasteiger partial charge is 0.478 e. The molecule has 1 aliphatic rings. The van der Waals surface area contributed by atoms with Crippen LogP contribution in [0.15, 0.2) is 42.5 Å². The number of carbonyl (C=O) groups is 2. The van der Waals surface area contributed by atoms with Crippen molar-refractivity contribution in [3.63, 3.8) is 0 Å². The topological polar surface area (TPSA) is 70.7 Å². The second-order valence-corrected chi connectivity index (χ2v) is 10.3. The normalized spacial score (nSPS) is 18.2. The first kappa shape index (κ1) is 29.5. The van der Waals surface area contributed by atoms with Crippen molar-refractivity contribution >= 4 is 29.1 Å². The molecule has 208 valence electrons. The molecule has 0 aromatic heterocycles. The van der Waals surface area contributed by atoms with Gasteiger partial charge in [-0.1, -0.05) is 24.9 Å². The molecule has 0 aliphatic carbocycles. The minimum Gasteiger partial charge on any atom is -0.478 e. The van der Waals surface area contributed by atoms with Gasteiger partial charge in [0.2, 0.25) is 0 Å². The van der Waals surface area contributed by atoms with Gasteiger partial charge in [0.15, 0.2) is 5.60 Å². The van der Waals surface area contributed by atoms with Crippen molar-refractivity contribution in [3.8, 4) is 5.75 Å². The van der Waals surface area contributed by atoms with Crippen LogP contribution in [0, 0.1) is 5.82 Å². The van der Waals surface area contributed by atoms with Gasteiger partial charge in [-0.2, -0.15) is 13.2 Å². The van der Waals surface area contributed by atoms with Crippen LogP contribution in [0.5, 0.6) is 5.75 Å². The van der Waals surface area contributed by atoms with E-state index in [4.69, 9.17) is 16.3 Å². The van der Waals surface area contributed by atoms with Gasteiger partial charge in [-0.15, -0.1) is 0 Å². The van der Waals surface area contributed by atoms with Crippen LogP contribution in [0.4, 0.5) is 23.2 Å². The van der Waals surface area contributed by atoms with Crippen molar-refractivity contribution in [2.45, 2.75) is 70.3 Å². The van der Waals surface area contributed by atoms with E-state index < -0.39 is 30.0 Å². The standard InChI is InChI=1S/C27H32ClF4N3O3/c1-4-5-20-14-18(34-25(37)26(2,3)38-21-10-11-22(28)23(29)15-21)12-13-35(20)19-8-6-17(7-9-19)24(36)33-16-27(30,31)32/h6-11,15,18,20H,4-5,12-14,16H2,1-3H3,(H,33,36)(H,34,37). The molecule has 2 aromatic carbocycles. The monoisotopic (exact) mass is 557 g/mol. The van der Waals surface area contributed by atoms with Gasteiger partial charge in [0.1, 0.15) is 18.1 Å². The Bertz CT molecular complexity index is 1130. The average Bonchev–Trinajstić information content (AvgIpc) is 2.85. The first-order valence-corrected chi connectivity index (χ1v) is 12.8. The molecule has 2 unspecified atom stereocenters. The van der Waals surface area contributed by atoms with Crippen molar-refractivity contribution in [1.82, 2.24) is 10.6 Å². The lowest BCUT2D eigenvalue weighted by atomic mass is 9.92. The Balaban J connectivity index is 1.62. The number of amides is 2. The first-order chi connectivity index (χ1) is 17.8. The molecule has 1 aliphatic heterocycles. The number of alkyl halides is 3. The van der Waals surface area contributed by atoms with Gasteiger partial charge in [0.05, 0.1) is 5.02 Å². The SMILES string of the molecule is CCCC1CC(NC(=O)C(C)(C)Oc2ccc(Cl)c(F)c2)CCN1c1ccc(C(=O)NCC(F)(F)F)cc1. The number of hydrogen-bond acceptors (Lipinski definition) is 4. The summed E-state index contributed by atoms with van der Waals surface area (Å²) in [5.74, 6) is -1.55. The lowest BCUT2D eigenvalue weighted by molar-refractivity contribution is -0.135. The van der Waals surface area contributed by atoms with Crippen LogP contribution in [-0.4, -0.2) is 48.8 Å². The Morgan fingerprint density at radius 3 is 2.42 bits per heavy atom. The number of nitrogens with one attached hydrogen (secondary N) is 2. The number of hydrogen-bond donors (Lipinski definition) is 2. The summed E-state index contributed by atoms with van der Waals surface area (Å²) >= 11 is 5.72. The summed E-state index contributed by atoms with van der Waals surface area (Å²) in [5.41, 5.74) is -0.246. The molecular formula is C27H32ClF4N3O3. The molecule has 2 N–H and O–H groups in total. The Hall–Kier alpha value is -3.01. The quantitative estimate of drug-likeness (QED) is 0.378. The fourth-order valence-electron chi connectivity index (χ4n) is 4.46. The third kappa shape index (κ3) is 7.99. The van der Waals surface area contributed by atoms with E-state index in [-0.39, 0.29) is 34.3 Å². The molecule has 2 atom stereocenters. The smallest absolute Gasteiger partial charge is 0.405 e. The highest BCUT2D eigenvalue weighted by Crippen LogP contribution is 2.29. The van der Waals surface area contributed by atoms with Gasteiger partial charge in [-0.05, 0) is 69.5 Å². The Morgan fingerprint density at radius 1 is 1.13 bits per heavy atom. The number of carbonyl (C=O) groups excluding carboxylic acids is 2. The Morgan fingerprint density at radius 2 is 1.82 bits per heavy atom. The molecule has 1 heterocycles. The lowest BCUT2D eigenvalue weighted by Crippen LogP contribution is -2.55. The second-order valence-electron chi connectivity index (χ2n) is 9.86. The molecule has 0 radical (unpaired) electrons. The fourth-order valence-corrected chi connectivity index (χ4v) is 4.57. The summed E-state index contributed by atoms with van der Waals surface area (Å²) in [6, 6.07) is 10.5. The molecule has 3 rings (SSSR count). The molecular weight excluding hydrogens is 526 g/mol. The molecule has 6 nitrogen and oxygen atoms in total. The van der Waals surface area contributed by atoms with E-state index in [0.29, 0.717) is 19.4 Å². The summed E-state index contributed by atoms with van der Waals surface area (Å²) in [5, 5.41) is 4.90. The average molecular weight is 558 g/mol. The number of nitrogens with zero attached hydrogens (tertiary/aromatic N) is 1. The van der Waals surface area contributed by atoms with Gasteiger partial charge >= 0.3 is 6.18 Å². The van der Waals surface area contributed by atoms with E-state index >= 15 is 0 Å². The highest BCUT2D eigenvalue weighted by molar-refractivity contribution is 6.30. The summed E-state index contributed by atoms with van der Waals surface area (Å²) in [6.07, 6.45) is -1.36. The molecule has 2 amide bonds. The van der Waals surface area contributed by atoms with Gasteiger partial charge in [-0.3, -0.25) is 9.59 Å². The highest BCUT2D eigenvalue weighted by Gasteiger charge is 2.35. The minimum atomic E-state index is -4.47. The van der Waals surface area contributed by atoms with Crippen LogP contribution in [0.1, 0.15) is 56.8 Å². The number of benzene rings is 2. The van der Waals surface area contributed by atoms with Crippen LogP contribution in [0.25, 0.3) is 0 Å². The third-order valence-electron chi connectivity index (χ3n) is 6.39. The van der Waals surface area contributed by atoms with Gasteiger partial charge in [0, 0.05) is 35.9 Å². The number of rotatable bonds is 9. The maximum atomic E-state index is 13.8. The van der Waals surface area contributed by atoms with E-state index in [2.05, 4.69) is 17.1 Å². The summed E-state index contributed by atoms with van der Waals surface area (Å²) in [4.78, 5) is 27.3. The van der Waals surface area contributed by atoms with Crippen molar-refractivity contribution in [1.29, 1.82) is 0 Å². The second kappa shape index (κ2) is 12.2. The van der Waals surface area contributed by atoms with E-state index in [1.54, 1.807) is 26.0 Å². The van der Waals surface area contributed by atoms with Crippen molar-refractivity contribution < 1.29 is 31.9 Å². The van der Waals surface area contributed by atoms with Crippen LogP contribution in [0.2, 0.25) is 5.02 Å². The van der Waals surface area contributed by atoms with E-state index in [1.807, 2.05) is 5.32 Å². The van der Waals surface area contributed by atoms with E-state index in [0.717, 1.165) is 24.6 Å². The lowest BCUT2D eigenvalue weighted by Gasteiger charge is -2.42. The first-order valence-electron chi connectivity index (χ1n) is 12.5.